The van der Waals surface area contributed by atoms with Crippen molar-refractivity contribution in [3.05, 3.63) is 65.7 Å². The molecule has 0 aliphatic carbocycles. The molecule has 3 rings (SSSR count). The Labute approximate surface area is 214 Å². The van der Waals surface area contributed by atoms with Crippen molar-refractivity contribution >= 4 is 11.9 Å². The van der Waals surface area contributed by atoms with Crippen molar-refractivity contribution in [2.45, 2.75) is 57.2 Å². The lowest BCUT2D eigenvalue weighted by molar-refractivity contribution is -0.154. The molecule has 0 aromatic heterocycles. The van der Waals surface area contributed by atoms with Crippen molar-refractivity contribution in [3.63, 3.8) is 0 Å². The molecule has 2 aromatic rings. The number of carbonyl (C=O) groups is 2. The highest BCUT2D eigenvalue weighted by Gasteiger charge is 2.42. The third kappa shape index (κ3) is 7.78. The van der Waals surface area contributed by atoms with Crippen LogP contribution in [0.2, 0.25) is 0 Å². The lowest BCUT2D eigenvalue weighted by Gasteiger charge is -2.35. The normalized spacial score (nSPS) is 15.7. The smallest absolute Gasteiger partial charge is 0.342 e. The molecular weight excluding hydrogens is 456 g/mol. The molecule has 1 amide bonds. The van der Waals surface area contributed by atoms with E-state index in [-0.39, 0.29) is 25.0 Å². The number of likely N-dealkylation sites (tertiary alicyclic amines) is 1. The number of hydrogen-bond donors (Lipinski definition) is 3. The second kappa shape index (κ2) is 13.4. The number of methoxy groups -OCH3 is 1. The maximum Gasteiger partial charge on any atom is 0.342 e. The number of nitrogens with zero attached hydrogens (tertiary/aromatic N) is 1. The number of rotatable bonds is 12. The largest absolute Gasteiger partial charge is 0.497 e. The van der Waals surface area contributed by atoms with Crippen LogP contribution in [-0.4, -0.2) is 49.4 Å². The van der Waals surface area contributed by atoms with Gasteiger partial charge >= 0.3 is 5.97 Å². The van der Waals surface area contributed by atoms with E-state index in [0.717, 1.165) is 49.2 Å². The lowest BCUT2D eigenvalue weighted by atomic mass is 9.80. The Bertz CT molecular complexity index is 977. The topological polar surface area (TPSA) is 120 Å². The second-order valence-corrected chi connectivity index (χ2v) is 9.68. The van der Waals surface area contributed by atoms with Crippen molar-refractivity contribution < 1.29 is 19.1 Å². The van der Waals surface area contributed by atoms with Gasteiger partial charge in [0.05, 0.1) is 7.11 Å². The first-order chi connectivity index (χ1) is 17.3. The highest BCUT2D eigenvalue weighted by atomic mass is 16.5. The molecule has 1 aliphatic heterocycles. The zero-order valence-corrected chi connectivity index (χ0v) is 21.4. The fraction of sp³-hybridized carbons (Fsp3) is 0.500. The van der Waals surface area contributed by atoms with Crippen molar-refractivity contribution in [1.29, 1.82) is 0 Å². The standard InChI is InChI=1S/C28H40N4O4/c1-21(23-11-5-3-6-12-23)16-24(18-26(33)32-14-7-4-8-15-32)28(29,30)27(34)36-20-31-19-22-10-9-13-25(17-22)35-2/h3,5-6,9-13,17,21,24,31H,4,7-8,14-16,18-20,29-30H2,1-2H3/t21-,24?/m0/s1. The van der Waals surface area contributed by atoms with E-state index in [1.54, 1.807) is 7.11 Å². The van der Waals surface area contributed by atoms with E-state index >= 15 is 0 Å². The van der Waals surface area contributed by atoms with Gasteiger partial charge in [0.2, 0.25) is 5.91 Å². The molecule has 1 unspecified atom stereocenters. The number of ether oxygens (including phenoxy) is 2. The van der Waals surface area contributed by atoms with Crippen molar-refractivity contribution in [1.82, 2.24) is 10.2 Å². The van der Waals surface area contributed by atoms with Gasteiger partial charge in [0, 0.05) is 32.0 Å². The monoisotopic (exact) mass is 496 g/mol. The first kappa shape index (κ1) is 27.6. The zero-order chi connectivity index (χ0) is 26.0. The zero-order valence-electron chi connectivity index (χ0n) is 21.4. The van der Waals surface area contributed by atoms with E-state index in [1.165, 1.54) is 0 Å². The van der Waals surface area contributed by atoms with Crippen LogP contribution in [0, 0.1) is 5.92 Å². The van der Waals surface area contributed by atoms with Gasteiger partial charge in [-0.3, -0.25) is 10.1 Å². The summed E-state index contributed by atoms with van der Waals surface area (Å²) in [6, 6.07) is 17.6. The van der Waals surface area contributed by atoms with Gasteiger partial charge in [-0.05, 0) is 54.9 Å². The molecule has 36 heavy (non-hydrogen) atoms. The van der Waals surface area contributed by atoms with Crippen LogP contribution in [0.5, 0.6) is 5.75 Å². The molecular formula is C28H40N4O4. The Morgan fingerprint density at radius 2 is 1.78 bits per heavy atom. The lowest BCUT2D eigenvalue weighted by Crippen LogP contribution is -2.63. The summed E-state index contributed by atoms with van der Waals surface area (Å²) < 4.78 is 10.7. The minimum absolute atomic E-state index is 0.0100. The van der Waals surface area contributed by atoms with Gasteiger partial charge in [-0.1, -0.05) is 49.4 Å². The Morgan fingerprint density at radius 1 is 1.06 bits per heavy atom. The fourth-order valence-corrected chi connectivity index (χ4v) is 4.66. The van der Waals surface area contributed by atoms with Crippen LogP contribution in [-0.2, 0) is 20.9 Å². The summed E-state index contributed by atoms with van der Waals surface area (Å²) in [6.07, 6.45) is 3.72. The van der Waals surface area contributed by atoms with Gasteiger partial charge in [0.25, 0.3) is 0 Å². The number of nitrogens with two attached hydrogens (primary N) is 2. The number of amides is 1. The molecule has 0 spiro atoms. The first-order valence-electron chi connectivity index (χ1n) is 12.7. The Kier molecular flexibility index (Phi) is 10.3. The van der Waals surface area contributed by atoms with Crippen LogP contribution >= 0.6 is 0 Å². The average Bonchev–Trinajstić information content (AvgIpc) is 2.91. The van der Waals surface area contributed by atoms with E-state index in [4.69, 9.17) is 20.9 Å². The van der Waals surface area contributed by atoms with E-state index in [0.29, 0.717) is 13.0 Å². The Hall–Kier alpha value is -2.94. The molecule has 8 heteroatoms. The van der Waals surface area contributed by atoms with Crippen LogP contribution in [0.3, 0.4) is 0 Å². The molecule has 2 aromatic carbocycles. The van der Waals surface area contributed by atoms with Gasteiger partial charge in [-0.2, -0.15) is 0 Å². The van der Waals surface area contributed by atoms with Crippen LogP contribution in [0.25, 0.3) is 0 Å². The minimum atomic E-state index is -1.80. The molecule has 8 nitrogen and oxygen atoms in total. The second-order valence-electron chi connectivity index (χ2n) is 9.68. The fourth-order valence-electron chi connectivity index (χ4n) is 4.66. The summed E-state index contributed by atoms with van der Waals surface area (Å²) in [5, 5.41) is 3.07. The van der Waals surface area contributed by atoms with Crippen molar-refractivity contribution in [3.8, 4) is 5.75 Å². The van der Waals surface area contributed by atoms with Gasteiger partial charge < -0.3 is 25.8 Å². The summed E-state index contributed by atoms with van der Waals surface area (Å²) >= 11 is 0. The average molecular weight is 497 g/mol. The van der Waals surface area contributed by atoms with Crippen LogP contribution < -0.4 is 21.5 Å². The number of benzene rings is 2. The summed E-state index contributed by atoms with van der Waals surface area (Å²) in [5.74, 6) is -0.492. The van der Waals surface area contributed by atoms with E-state index in [1.807, 2.05) is 59.5 Å². The number of nitrogens with one attached hydrogen (secondary N) is 1. The predicted molar refractivity (Wildman–Crippen MR) is 140 cm³/mol. The molecule has 0 bridgehead atoms. The highest BCUT2D eigenvalue weighted by Crippen LogP contribution is 2.30. The van der Waals surface area contributed by atoms with Gasteiger partial charge in [-0.15, -0.1) is 0 Å². The predicted octanol–water partition coefficient (Wildman–Crippen LogP) is 3.11. The van der Waals surface area contributed by atoms with Crippen molar-refractivity contribution in [2.75, 3.05) is 26.9 Å². The summed E-state index contributed by atoms with van der Waals surface area (Å²) in [7, 11) is 1.61. The minimum Gasteiger partial charge on any atom is -0.497 e. The highest BCUT2D eigenvalue weighted by molar-refractivity contribution is 5.82. The van der Waals surface area contributed by atoms with E-state index in [9.17, 15) is 9.59 Å². The summed E-state index contributed by atoms with van der Waals surface area (Å²) in [6.45, 7) is 3.97. The van der Waals surface area contributed by atoms with Crippen LogP contribution in [0.4, 0.5) is 0 Å². The molecule has 1 aliphatic rings. The third-order valence-electron chi connectivity index (χ3n) is 6.93. The molecule has 196 valence electrons. The maximum absolute atomic E-state index is 13.1. The molecule has 2 atom stereocenters. The number of esters is 1. The van der Waals surface area contributed by atoms with E-state index < -0.39 is 17.6 Å². The van der Waals surface area contributed by atoms with Crippen LogP contribution in [0.15, 0.2) is 54.6 Å². The van der Waals surface area contributed by atoms with Gasteiger partial charge in [0.1, 0.15) is 12.5 Å². The van der Waals surface area contributed by atoms with Crippen LogP contribution in [0.1, 0.15) is 56.1 Å². The molecule has 1 saturated heterocycles. The van der Waals surface area contributed by atoms with Gasteiger partial charge in [0.15, 0.2) is 5.66 Å². The first-order valence-corrected chi connectivity index (χ1v) is 12.7. The molecule has 0 radical (unpaired) electrons. The number of piperidine rings is 1. The molecule has 1 fully saturated rings. The van der Waals surface area contributed by atoms with Gasteiger partial charge in [-0.25, -0.2) is 4.79 Å². The SMILES string of the molecule is COc1cccc(CNCOC(=O)C(N)(N)C(CC(=O)N2CCCCC2)C[C@H](C)c2ccccc2)c1. The summed E-state index contributed by atoms with van der Waals surface area (Å²) in [4.78, 5) is 28.0. The molecule has 0 saturated carbocycles. The number of carbonyl (C=O) groups excluding carboxylic acids is 2. The molecule has 5 N–H and O–H groups in total. The molecule has 1 heterocycles. The Balaban J connectivity index is 1.63. The summed E-state index contributed by atoms with van der Waals surface area (Å²) in [5.41, 5.74) is 13.2. The third-order valence-corrected chi connectivity index (χ3v) is 6.93. The van der Waals surface area contributed by atoms with E-state index in [2.05, 4.69) is 12.2 Å². The quantitative estimate of drug-likeness (QED) is 0.235. The number of hydrogen-bond acceptors (Lipinski definition) is 7. The van der Waals surface area contributed by atoms with Crippen molar-refractivity contribution in [2.24, 2.45) is 17.4 Å². The Morgan fingerprint density at radius 3 is 2.47 bits per heavy atom. The maximum atomic E-state index is 13.1.